The normalized spacial score (nSPS) is 14.0. The maximum absolute atomic E-state index is 13.2. The minimum Gasteiger partial charge on any atom is -0.462 e. The first-order chi connectivity index (χ1) is 17.7. The van der Waals surface area contributed by atoms with Gasteiger partial charge in [-0.3, -0.25) is 9.10 Å². The van der Waals surface area contributed by atoms with Gasteiger partial charge in [-0.05, 0) is 48.9 Å². The number of nitrogens with two attached hydrogens (primary N) is 1. The number of anilines is 3. The molecule has 0 aliphatic carbocycles. The molecule has 3 aromatic carbocycles. The van der Waals surface area contributed by atoms with Crippen molar-refractivity contribution in [3.8, 4) is 0 Å². The van der Waals surface area contributed by atoms with Gasteiger partial charge in [-0.2, -0.15) is 0 Å². The predicted molar refractivity (Wildman–Crippen MR) is 146 cm³/mol. The highest BCUT2D eigenvalue weighted by Gasteiger charge is 2.29. The Balaban J connectivity index is 1.75. The molecule has 0 unspecified atom stereocenters. The number of hydrogen-bond acceptors (Lipinski definition) is 7. The molecule has 1 amide bonds. The molecule has 0 spiro atoms. The van der Waals surface area contributed by atoms with E-state index in [1.807, 2.05) is 30.3 Å². The summed E-state index contributed by atoms with van der Waals surface area (Å²) in [6, 6.07) is 21.2. The van der Waals surface area contributed by atoms with Gasteiger partial charge in [0.1, 0.15) is 0 Å². The van der Waals surface area contributed by atoms with E-state index >= 15 is 0 Å². The highest BCUT2D eigenvalue weighted by molar-refractivity contribution is 7.92. The summed E-state index contributed by atoms with van der Waals surface area (Å²) in [5, 5.41) is 6.18. The summed E-state index contributed by atoms with van der Waals surface area (Å²) < 4.78 is 30.7. The van der Waals surface area contributed by atoms with Crippen molar-refractivity contribution in [3.63, 3.8) is 0 Å². The number of nitrogens with zero attached hydrogens (tertiary/aromatic N) is 1. The standard InChI is InChI=1S/C27H28N4O5S/c1-3-36-27(33)19-9-14-22-23(17-19)30-26(32)24(22)25(18-7-5-4-6-8-18)29-20-10-12-21(13-11-20)31(16-15-28)37(2,34)35/h4-14,17,29H,3,15-16,28H2,1-2H3,(H,30,32). The van der Waals surface area contributed by atoms with E-state index in [0.29, 0.717) is 39.5 Å². The molecule has 4 rings (SSSR count). The first-order valence-corrected chi connectivity index (χ1v) is 13.5. The Morgan fingerprint density at radius 2 is 1.73 bits per heavy atom. The average molecular weight is 521 g/mol. The van der Waals surface area contributed by atoms with Crippen LogP contribution in [-0.2, 0) is 19.6 Å². The second-order valence-corrected chi connectivity index (χ2v) is 10.3. The fourth-order valence-corrected chi connectivity index (χ4v) is 5.05. The molecule has 0 saturated carbocycles. The maximum Gasteiger partial charge on any atom is 0.338 e. The van der Waals surface area contributed by atoms with Gasteiger partial charge in [0.2, 0.25) is 10.0 Å². The van der Waals surface area contributed by atoms with Crippen molar-refractivity contribution in [2.75, 3.05) is 40.9 Å². The largest absolute Gasteiger partial charge is 0.462 e. The summed E-state index contributed by atoms with van der Waals surface area (Å²) in [5.74, 6) is -0.776. The van der Waals surface area contributed by atoms with Crippen LogP contribution in [0, 0.1) is 0 Å². The first kappa shape index (κ1) is 25.9. The van der Waals surface area contributed by atoms with Gasteiger partial charge in [-0.15, -0.1) is 0 Å². The number of amides is 1. The van der Waals surface area contributed by atoms with E-state index in [-0.39, 0.29) is 25.6 Å². The van der Waals surface area contributed by atoms with Gasteiger partial charge in [0.25, 0.3) is 5.91 Å². The lowest BCUT2D eigenvalue weighted by Gasteiger charge is -2.22. The molecular formula is C27H28N4O5S. The second kappa shape index (κ2) is 10.9. The molecule has 1 aliphatic rings. The average Bonchev–Trinajstić information content (AvgIpc) is 3.21. The molecular weight excluding hydrogens is 492 g/mol. The van der Waals surface area contributed by atoms with Crippen LogP contribution in [-0.4, -0.2) is 46.2 Å². The fourth-order valence-electron chi connectivity index (χ4n) is 4.11. The Morgan fingerprint density at radius 3 is 2.35 bits per heavy atom. The van der Waals surface area contributed by atoms with Crippen LogP contribution in [0.2, 0.25) is 0 Å². The van der Waals surface area contributed by atoms with E-state index in [1.165, 1.54) is 4.31 Å². The molecule has 192 valence electrons. The third kappa shape index (κ3) is 5.65. The summed E-state index contributed by atoms with van der Waals surface area (Å²) >= 11 is 0. The number of carbonyl (C=O) groups excluding carboxylic acids is 2. The predicted octanol–water partition coefficient (Wildman–Crippen LogP) is 3.52. The zero-order chi connectivity index (χ0) is 26.6. The highest BCUT2D eigenvalue weighted by atomic mass is 32.2. The lowest BCUT2D eigenvalue weighted by atomic mass is 9.99. The van der Waals surface area contributed by atoms with E-state index in [9.17, 15) is 18.0 Å². The van der Waals surface area contributed by atoms with Crippen molar-refractivity contribution in [1.29, 1.82) is 0 Å². The number of benzene rings is 3. The first-order valence-electron chi connectivity index (χ1n) is 11.7. The molecule has 0 saturated heterocycles. The van der Waals surface area contributed by atoms with Crippen LogP contribution in [0.1, 0.15) is 28.4 Å². The van der Waals surface area contributed by atoms with Crippen LogP contribution < -0.4 is 20.7 Å². The molecule has 0 bridgehead atoms. The zero-order valence-corrected chi connectivity index (χ0v) is 21.3. The van der Waals surface area contributed by atoms with Crippen molar-refractivity contribution in [2.45, 2.75) is 6.92 Å². The van der Waals surface area contributed by atoms with Gasteiger partial charge in [0.05, 0.1) is 41.1 Å². The van der Waals surface area contributed by atoms with Crippen LogP contribution >= 0.6 is 0 Å². The topological polar surface area (TPSA) is 131 Å². The monoisotopic (exact) mass is 520 g/mol. The summed E-state index contributed by atoms with van der Waals surface area (Å²) in [5.41, 5.74) is 10.0. The Hall–Kier alpha value is -4.15. The molecule has 10 heteroatoms. The summed E-state index contributed by atoms with van der Waals surface area (Å²) in [6.07, 6.45) is 1.14. The Kier molecular flexibility index (Phi) is 7.61. The molecule has 37 heavy (non-hydrogen) atoms. The van der Waals surface area contributed by atoms with Crippen LogP contribution in [0.3, 0.4) is 0 Å². The van der Waals surface area contributed by atoms with Crippen molar-refractivity contribution < 1.29 is 22.7 Å². The summed E-state index contributed by atoms with van der Waals surface area (Å²) in [4.78, 5) is 25.3. The van der Waals surface area contributed by atoms with Crippen molar-refractivity contribution in [3.05, 3.63) is 89.5 Å². The van der Waals surface area contributed by atoms with Gasteiger partial charge in [-0.25, -0.2) is 13.2 Å². The molecule has 1 heterocycles. The van der Waals surface area contributed by atoms with Crippen LogP contribution in [0.25, 0.3) is 11.3 Å². The van der Waals surface area contributed by atoms with Gasteiger partial charge in [-0.1, -0.05) is 36.4 Å². The Labute approximate surface area is 216 Å². The molecule has 0 atom stereocenters. The molecule has 3 aromatic rings. The lowest BCUT2D eigenvalue weighted by molar-refractivity contribution is -0.110. The quantitative estimate of drug-likeness (QED) is 0.291. The minimum atomic E-state index is -3.49. The van der Waals surface area contributed by atoms with Crippen LogP contribution in [0.15, 0.2) is 72.8 Å². The third-order valence-electron chi connectivity index (χ3n) is 5.74. The number of rotatable bonds is 9. The molecule has 9 nitrogen and oxygen atoms in total. The maximum atomic E-state index is 13.2. The number of hydrogen-bond donors (Lipinski definition) is 3. The minimum absolute atomic E-state index is 0.162. The third-order valence-corrected chi connectivity index (χ3v) is 6.94. The summed E-state index contributed by atoms with van der Waals surface area (Å²) in [7, 11) is -3.49. The van der Waals surface area contributed by atoms with Gasteiger partial charge in [0.15, 0.2) is 0 Å². The fraction of sp³-hybridized carbons (Fsp3) is 0.185. The number of ether oxygens (including phenoxy) is 1. The number of esters is 1. The van der Waals surface area contributed by atoms with Crippen LogP contribution in [0.5, 0.6) is 0 Å². The Morgan fingerprint density at radius 1 is 1.03 bits per heavy atom. The van der Waals surface area contributed by atoms with Crippen molar-refractivity contribution in [1.82, 2.24) is 0 Å². The molecule has 0 aromatic heterocycles. The SMILES string of the molecule is CCOC(=O)c1ccc2c(c1)NC(=O)C2=C(Nc1ccc(N(CCN)S(C)(=O)=O)cc1)c1ccccc1. The molecule has 4 N–H and O–H groups in total. The molecule has 1 aliphatic heterocycles. The number of fused-ring (bicyclic) bond motifs is 1. The van der Waals surface area contributed by atoms with E-state index in [2.05, 4.69) is 10.6 Å². The number of carbonyl (C=O) groups is 2. The van der Waals surface area contributed by atoms with E-state index < -0.39 is 16.0 Å². The highest BCUT2D eigenvalue weighted by Crippen LogP contribution is 2.38. The van der Waals surface area contributed by atoms with Gasteiger partial charge in [0, 0.05) is 24.3 Å². The number of sulfonamides is 1. The van der Waals surface area contributed by atoms with E-state index in [1.54, 1.807) is 49.4 Å². The lowest BCUT2D eigenvalue weighted by Crippen LogP contribution is -2.34. The van der Waals surface area contributed by atoms with Gasteiger partial charge < -0.3 is 21.1 Å². The zero-order valence-electron chi connectivity index (χ0n) is 20.5. The Bertz CT molecular complexity index is 1450. The molecule has 0 fully saturated rings. The second-order valence-electron chi connectivity index (χ2n) is 8.35. The van der Waals surface area contributed by atoms with Crippen molar-refractivity contribution >= 4 is 50.2 Å². The smallest absolute Gasteiger partial charge is 0.338 e. The molecule has 0 radical (unpaired) electrons. The summed E-state index contributed by atoms with van der Waals surface area (Å²) in [6.45, 7) is 2.33. The van der Waals surface area contributed by atoms with E-state index in [4.69, 9.17) is 10.5 Å². The van der Waals surface area contributed by atoms with E-state index in [0.717, 1.165) is 11.8 Å². The number of nitrogens with one attached hydrogen (secondary N) is 2. The van der Waals surface area contributed by atoms with Crippen LogP contribution in [0.4, 0.5) is 17.1 Å². The van der Waals surface area contributed by atoms with Gasteiger partial charge >= 0.3 is 5.97 Å². The van der Waals surface area contributed by atoms with Crippen molar-refractivity contribution in [2.24, 2.45) is 5.73 Å².